The molecule has 0 unspecified atom stereocenters. The number of fused-ring (bicyclic) bond motifs is 1. The van der Waals surface area contributed by atoms with Gasteiger partial charge in [-0.25, -0.2) is 32.1 Å². The van der Waals surface area contributed by atoms with Crippen LogP contribution in [0.2, 0.25) is 10.0 Å². The van der Waals surface area contributed by atoms with Gasteiger partial charge in [0, 0.05) is 18.7 Å². The van der Waals surface area contributed by atoms with E-state index in [4.69, 9.17) is 37.9 Å². The number of halogens is 2. The number of hydrogen-bond acceptors (Lipinski definition) is 8. The maximum absolute atomic E-state index is 13.5. The second-order valence-electron chi connectivity index (χ2n) is 12.9. The second kappa shape index (κ2) is 13.0. The quantitative estimate of drug-likeness (QED) is 0.263. The number of carbonyl (C=O) groups excluding carboxylic acids is 1. The number of nitrogens with one attached hydrogen (secondary N) is 2. The van der Waals surface area contributed by atoms with Gasteiger partial charge in [0.2, 0.25) is 10.0 Å². The summed E-state index contributed by atoms with van der Waals surface area (Å²) in [4.78, 5) is 24.9. The van der Waals surface area contributed by atoms with Crippen LogP contribution in [-0.2, 0) is 32.2 Å². The summed E-state index contributed by atoms with van der Waals surface area (Å²) < 4.78 is 49.1. The first-order chi connectivity index (χ1) is 21.5. The number of sulfonamides is 1. The molecule has 1 aliphatic heterocycles. The fourth-order valence-corrected chi connectivity index (χ4v) is 8.19. The van der Waals surface area contributed by atoms with Crippen molar-refractivity contribution in [1.29, 1.82) is 0 Å². The minimum Gasteiger partial charge on any atom is -0.461 e. The molecule has 14 heteroatoms. The topological polar surface area (TPSA) is 131 Å². The van der Waals surface area contributed by atoms with Gasteiger partial charge in [-0.3, -0.25) is 4.72 Å². The molecule has 0 amide bonds. The Kier molecular flexibility index (Phi) is 9.79. The van der Waals surface area contributed by atoms with Crippen molar-refractivity contribution in [1.82, 2.24) is 14.7 Å². The Morgan fingerprint density at radius 3 is 2.43 bits per heavy atom. The van der Waals surface area contributed by atoms with Crippen molar-refractivity contribution in [2.24, 2.45) is 5.41 Å². The molecule has 0 radical (unpaired) electrons. The molecule has 2 aliphatic rings. The molecule has 1 aromatic heterocycles. The van der Waals surface area contributed by atoms with Gasteiger partial charge >= 0.3 is 5.97 Å². The lowest BCUT2D eigenvalue weighted by atomic mass is 9.73. The minimum atomic E-state index is -3.55. The second-order valence-corrected chi connectivity index (χ2v) is 17.4. The number of nitrogens with zero attached hydrogens (tertiary/aromatic N) is 3. The maximum atomic E-state index is 13.5. The van der Waals surface area contributed by atoms with Crippen LogP contribution in [0.4, 0.5) is 11.5 Å². The fraction of sp³-hybridized carbons (Fsp3) is 0.469. The molecule has 5 rings (SSSR count). The van der Waals surface area contributed by atoms with E-state index < -0.39 is 31.7 Å². The summed E-state index contributed by atoms with van der Waals surface area (Å²) in [5, 5.41) is 0.687. The number of aromatic nitrogens is 2. The van der Waals surface area contributed by atoms with Crippen LogP contribution < -0.4 is 14.3 Å². The molecule has 1 fully saturated rings. The Bertz CT molecular complexity index is 1800. The highest BCUT2D eigenvalue weighted by atomic mass is 35.5. The molecule has 2 N–H and O–H groups in total. The third-order valence-electron chi connectivity index (χ3n) is 8.50. The zero-order valence-corrected chi connectivity index (χ0v) is 29.9. The van der Waals surface area contributed by atoms with Crippen LogP contribution in [-0.4, -0.2) is 59.3 Å². The SMILES string of the molecule is CCOC(=O)c1nc(-c2cccc(Cl)c2Cl)c(C)nc1N1CCC2(CC1)Cc1cccc(NS(C)(=O)=O)c1[C@H]2N[S@](=O)C(C)(C)C. The summed E-state index contributed by atoms with van der Waals surface area (Å²) in [6.45, 7) is 10.5. The van der Waals surface area contributed by atoms with Crippen LogP contribution in [0.1, 0.15) is 73.9 Å². The number of aryl methyl sites for hydroxylation is 1. The van der Waals surface area contributed by atoms with Crippen molar-refractivity contribution in [2.75, 3.05) is 35.6 Å². The van der Waals surface area contributed by atoms with Gasteiger partial charge in [0.1, 0.15) is 0 Å². The predicted molar refractivity (Wildman–Crippen MR) is 184 cm³/mol. The van der Waals surface area contributed by atoms with Gasteiger partial charge in [-0.15, -0.1) is 0 Å². The molecule has 2 heterocycles. The molecule has 0 bridgehead atoms. The molecule has 2 aromatic carbocycles. The average molecular weight is 709 g/mol. The summed E-state index contributed by atoms with van der Waals surface area (Å²) in [6, 6.07) is 10.5. The molecular weight excluding hydrogens is 669 g/mol. The van der Waals surface area contributed by atoms with E-state index >= 15 is 0 Å². The fourth-order valence-electron chi connectivity index (χ4n) is 6.29. The van der Waals surface area contributed by atoms with Crippen molar-refractivity contribution in [3.8, 4) is 11.3 Å². The molecule has 248 valence electrons. The van der Waals surface area contributed by atoms with E-state index in [1.165, 1.54) is 0 Å². The van der Waals surface area contributed by atoms with Crippen LogP contribution in [0.25, 0.3) is 11.3 Å². The average Bonchev–Trinajstić information content (AvgIpc) is 3.26. The largest absolute Gasteiger partial charge is 0.461 e. The number of anilines is 2. The van der Waals surface area contributed by atoms with Crippen LogP contribution in [0.15, 0.2) is 36.4 Å². The highest BCUT2D eigenvalue weighted by Gasteiger charge is 2.50. The number of benzene rings is 2. The molecule has 1 saturated heterocycles. The number of esters is 1. The number of piperidine rings is 1. The highest BCUT2D eigenvalue weighted by molar-refractivity contribution is 7.92. The number of rotatable bonds is 8. The van der Waals surface area contributed by atoms with Crippen LogP contribution >= 0.6 is 23.2 Å². The van der Waals surface area contributed by atoms with Gasteiger partial charge in [0.25, 0.3) is 0 Å². The molecule has 0 saturated carbocycles. The van der Waals surface area contributed by atoms with E-state index in [0.29, 0.717) is 70.9 Å². The summed E-state index contributed by atoms with van der Waals surface area (Å²) in [7, 11) is -4.98. The van der Waals surface area contributed by atoms with Gasteiger partial charge in [0.15, 0.2) is 11.5 Å². The lowest BCUT2D eigenvalue weighted by Gasteiger charge is -2.44. The van der Waals surface area contributed by atoms with E-state index in [1.54, 1.807) is 31.2 Å². The van der Waals surface area contributed by atoms with Crippen LogP contribution in [0.3, 0.4) is 0 Å². The van der Waals surface area contributed by atoms with Crippen molar-refractivity contribution >= 4 is 61.7 Å². The summed E-state index contributed by atoms with van der Waals surface area (Å²) in [5.41, 5.74) is 3.64. The monoisotopic (exact) mass is 707 g/mol. The van der Waals surface area contributed by atoms with Gasteiger partial charge in [-0.05, 0) is 82.6 Å². The van der Waals surface area contributed by atoms with E-state index in [0.717, 1.165) is 17.4 Å². The van der Waals surface area contributed by atoms with Gasteiger partial charge in [-0.2, -0.15) is 0 Å². The first-order valence-electron chi connectivity index (χ1n) is 15.1. The van der Waals surface area contributed by atoms with Crippen molar-refractivity contribution in [3.63, 3.8) is 0 Å². The maximum Gasteiger partial charge on any atom is 0.360 e. The highest BCUT2D eigenvalue weighted by Crippen LogP contribution is 2.55. The summed E-state index contributed by atoms with van der Waals surface area (Å²) in [6.07, 6.45) is 3.12. The normalized spacial score (nSPS) is 18.3. The Hall–Kier alpha value is -2.77. The third kappa shape index (κ3) is 6.92. The van der Waals surface area contributed by atoms with E-state index in [-0.39, 0.29) is 23.8 Å². The van der Waals surface area contributed by atoms with E-state index in [1.807, 2.05) is 44.7 Å². The molecule has 46 heavy (non-hydrogen) atoms. The zero-order valence-electron chi connectivity index (χ0n) is 26.7. The molecule has 3 aromatic rings. The molecule has 1 aliphatic carbocycles. The van der Waals surface area contributed by atoms with Crippen LogP contribution in [0, 0.1) is 12.3 Å². The summed E-state index contributed by atoms with van der Waals surface area (Å²) in [5.74, 6) is -0.167. The van der Waals surface area contributed by atoms with E-state index in [2.05, 4.69) is 9.44 Å². The van der Waals surface area contributed by atoms with Gasteiger partial charge in [0.05, 0.1) is 61.8 Å². The number of ether oxygens (including phenoxy) is 1. The Morgan fingerprint density at radius 2 is 1.80 bits per heavy atom. The first-order valence-corrected chi connectivity index (χ1v) is 18.9. The lowest BCUT2D eigenvalue weighted by molar-refractivity contribution is 0.0519. The van der Waals surface area contributed by atoms with Crippen molar-refractivity contribution < 1.29 is 22.2 Å². The molecule has 2 atom stereocenters. The molecular formula is C32H39Cl2N5O5S2. The third-order valence-corrected chi connectivity index (χ3v) is 11.5. The van der Waals surface area contributed by atoms with Gasteiger partial charge in [-0.1, -0.05) is 47.5 Å². The van der Waals surface area contributed by atoms with Crippen molar-refractivity contribution in [3.05, 3.63) is 69.0 Å². The Balaban J connectivity index is 1.52. The molecule has 10 nitrogen and oxygen atoms in total. The van der Waals surface area contributed by atoms with E-state index in [9.17, 15) is 17.4 Å². The lowest BCUT2D eigenvalue weighted by Crippen LogP contribution is -2.48. The smallest absolute Gasteiger partial charge is 0.360 e. The number of carbonyl (C=O) groups is 1. The number of hydrogen-bond donors (Lipinski definition) is 2. The summed E-state index contributed by atoms with van der Waals surface area (Å²) >= 11 is 12.8. The van der Waals surface area contributed by atoms with Crippen LogP contribution in [0.5, 0.6) is 0 Å². The molecule has 1 spiro atoms. The first kappa shape index (κ1) is 34.6. The Morgan fingerprint density at radius 1 is 1.13 bits per heavy atom. The predicted octanol–water partition coefficient (Wildman–Crippen LogP) is 6.24. The zero-order chi connectivity index (χ0) is 33.6. The standard InChI is InChI=1S/C32H39Cl2N5O5S2/c1-7-44-30(40)27-29(35-19(2)26(36-27)21-11-9-12-22(33)25(21)34)39-16-14-32(15-17-39)18-20-10-8-13-23(38-46(6,42)43)24(20)28(32)37-45(41)31(3,4)5/h8-13,28,37-38H,7,14-18H2,1-6H3/t28-,45-/m1/s1. The van der Waals surface area contributed by atoms with Gasteiger partial charge < -0.3 is 9.64 Å². The van der Waals surface area contributed by atoms with Crippen molar-refractivity contribution in [2.45, 2.75) is 64.7 Å². The minimum absolute atomic E-state index is 0.0901. The Labute approximate surface area is 283 Å².